The van der Waals surface area contributed by atoms with Crippen molar-refractivity contribution in [2.75, 3.05) is 13.2 Å². The highest BCUT2D eigenvalue weighted by Gasteiger charge is 2.33. The highest BCUT2D eigenvalue weighted by molar-refractivity contribution is 5.97. The van der Waals surface area contributed by atoms with Gasteiger partial charge in [0.25, 0.3) is 5.91 Å². The van der Waals surface area contributed by atoms with Crippen LogP contribution in [-0.2, 0) is 16.1 Å². The Kier molecular flexibility index (Phi) is 5.27. The minimum atomic E-state index is -0.485. The molecular formula is C15H21N3O3. The number of nitrogens with zero attached hydrogens (tertiary/aromatic N) is 2. The van der Waals surface area contributed by atoms with Crippen molar-refractivity contribution in [3.63, 3.8) is 0 Å². The number of amides is 1. The van der Waals surface area contributed by atoms with Gasteiger partial charge in [-0.1, -0.05) is 0 Å². The molecule has 1 atom stereocenters. The van der Waals surface area contributed by atoms with E-state index in [0.29, 0.717) is 30.8 Å². The Labute approximate surface area is 124 Å². The van der Waals surface area contributed by atoms with Crippen molar-refractivity contribution in [3.8, 4) is 0 Å². The van der Waals surface area contributed by atoms with Gasteiger partial charge >= 0.3 is 5.97 Å². The summed E-state index contributed by atoms with van der Waals surface area (Å²) >= 11 is 0. The monoisotopic (exact) mass is 291 g/mol. The number of ether oxygens (including phenoxy) is 1. The van der Waals surface area contributed by atoms with Crippen molar-refractivity contribution in [2.24, 2.45) is 5.73 Å². The average molecular weight is 291 g/mol. The van der Waals surface area contributed by atoms with Gasteiger partial charge in [0.2, 0.25) is 0 Å². The number of pyridine rings is 1. The Balaban J connectivity index is 2.19. The number of likely N-dealkylation sites (tertiary alicyclic amines) is 1. The Morgan fingerprint density at radius 2 is 2.29 bits per heavy atom. The summed E-state index contributed by atoms with van der Waals surface area (Å²) < 4.78 is 5.08. The average Bonchev–Trinajstić information content (AvgIpc) is 2.54. The van der Waals surface area contributed by atoms with E-state index >= 15 is 0 Å². The minimum absolute atomic E-state index is 0.162. The lowest BCUT2D eigenvalue weighted by Crippen LogP contribution is -2.48. The number of hydrogen-bond acceptors (Lipinski definition) is 5. The van der Waals surface area contributed by atoms with E-state index in [0.717, 1.165) is 12.8 Å². The number of nitrogens with two attached hydrogens (primary N) is 1. The van der Waals surface area contributed by atoms with E-state index in [4.69, 9.17) is 10.5 Å². The summed E-state index contributed by atoms with van der Waals surface area (Å²) in [6.45, 7) is 2.94. The van der Waals surface area contributed by atoms with Crippen LogP contribution in [0, 0.1) is 0 Å². The molecule has 2 rings (SSSR count). The van der Waals surface area contributed by atoms with Gasteiger partial charge < -0.3 is 15.4 Å². The highest BCUT2D eigenvalue weighted by atomic mass is 16.5. The van der Waals surface area contributed by atoms with Crippen molar-refractivity contribution in [3.05, 3.63) is 29.6 Å². The molecule has 21 heavy (non-hydrogen) atoms. The lowest BCUT2D eigenvalue weighted by Gasteiger charge is -2.34. The van der Waals surface area contributed by atoms with Gasteiger partial charge in [-0.15, -0.1) is 0 Å². The number of hydrogen-bond donors (Lipinski definition) is 1. The molecule has 0 aromatic carbocycles. The Morgan fingerprint density at radius 3 is 3.00 bits per heavy atom. The summed E-state index contributed by atoms with van der Waals surface area (Å²) in [5.74, 6) is -0.483. The van der Waals surface area contributed by atoms with E-state index in [2.05, 4.69) is 4.98 Å². The maximum Gasteiger partial charge on any atom is 0.328 e. The smallest absolute Gasteiger partial charge is 0.328 e. The fourth-order valence-electron chi connectivity index (χ4n) is 2.55. The number of piperidine rings is 1. The van der Waals surface area contributed by atoms with Crippen LogP contribution in [0.1, 0.15) is 42.2 Å². The van der Waals surface area contributed by atoms with E-state index in [1.54, 1.807) is 30.2 Å². The van der Waals surface area contributed by atoms with Gasteiger partial charge in [-0.3, -0.25) is 9.78 Å². The fraction of sp³-hybridized carbons (Fsp3) is 0.533. The number of esters is 1. The molecule has 0 radical (unpaired) electrons. The quantitative estimate of drug-likeness (QED) is 0.840. The van der Waals surface area contributed by atoms with Gasteiger partial charge in [0, 0.05) is 24.8 Å². The molecule has 1 amide bonds. The molecule has 2 N–H and O–H groups in total. The molecule has 1 saturated heterocycles. The number of carbonyl (C=O) groups excluding carboxylic acids is 2. The van der Waals surface area contributed by atoms with Crippen molar-refractivity contribution in [2.45, 2.75) is 38.8 Å². The van der Waals surface area contributed by atoms with Crippen molar-refractivity contribution < 1.29 is 14.3 Å². The highest BCUT2D eigenvalue weighted by Crippen LogP contribution is 2.21. The Morgan fingerprint density at radius 1 is 1.48 bits per heavy atom. The van der Waals surface area contributed by atoms with Gasteiger partial charge in [-0.25, -0.2) is 4.79 Å². The molecule has 0 spiro atoms. The van der Waals surface area contributed by atoms with Crippen LogP contribution < -0.4 is 5.73 Å². The molecule has 0 aliphatic carbocycles. The largest absolute Gasteiger partial charge is 0.464 e. The second-order valence-electron chi connectivity index (χ2n) is 5.00. The molecule has 6 heteroatoms. The predicted octanol–water partition coefficient (Wildman–Crippen LogP) is 1.10. The van der Waals surface area contributed by atoms with E-state index in [-0.39, 0.29) is 18.4 Å². The summed E-state index contributed by atoms with van der Waals surface area (Å²) in [7, 11) is 0. The van der Waals surface area contributed by atoms with Crippen LogP contribution in [0.15, 0.2) is 18.3 Å². The molecule has 1 aromatic heterocycles. The Hall–Kier alpha value is -1.95. The van der Waals surface area contributed by atoms with Crippen LogP contribution in [0.3, 0.4) is 0 Å². The number of rotatable bonds is 4. The first kappa shape index (κ1) is 15.4. The summed E-state index contributed by atoms with van der Waals surface area (Å²) in [6, 6.07) is 2.85. The zero-order valence-electron chi connectivity index (χ0n) is 12.2. The summed E-state index contributed by atoms with van der Waals surface area (Å²) in [4.78, 5) is 30.3. The van der Waals surface area contributed by atoms with Crippen LogP contribution in [0.5, 0.6) is 0 Å². The normalized spacial score (nSPS) is 18.4. The standard InChI is InChI=1S/C15H21N3O3/c1-2-21-15(20)13-5-3-4-8-18(13)14(19)11-6-7-17-12(9-11)10-16/h6-7,9,13H,2-5,8,10,16H2,1H3. The lowest BCUT2D eigenvalue weighted by atomic mass is 10.0. The van der Waals surface area contributed by atoms with Gasteiger partial charge in [-0.05, 0) is 38.3 Å². The van der Waals surface area contributed by atoms with Crippen LogP contribution in [-0.4, -0.2) is 41.0 Å². The van der Waals surface area contributed by atoms with Crippen LogP contribution in [0.4, 0.5) is 0 Å². The summed E-state index contributed by atoms with van der Waals surface area (Å²) in [5.41, 5.74) is 6.72. The molecule has 6 nitrogen and oxygen atoms in total. The third kappa shape index (κ3) is 3.58. The number of aromatic nitrogens is 1. The fourth-order valence-corrected chi connectivity index (χ4v) is 2.55. The van der Waals surface area contributed by atoms with Crippen LogP contribution >= 0.6 is 0 Å². The van der Waals surface area contributed by atoms with Gasteiger partial charge in [0.15, 0.2) is 0 Å². The molecule has 1 fully saturated rings. The first-order valence-electron chi connectivity index (χ1n) is 7.30. The molecular weight excluding hydrogens is 270 g/mol. The third-order valence-corrected chi connectivity index (χ3v) is 3.59. The van der Waals surface area contributed by atoms with Gasteiger partial charge in [0.05, 0.1) is 12.3 Å². The maximum atomic E-state index is 12.6. The molecule has 1 aromatic rings. The zero-order valence-corrected chi connectivity index (χ0v) is 12.2. The maximum absolute atomic E-state index is 12.6. The van der Waals surface area contributed by atoms with Gasteiger partial charge in [0.1, 0.15) is 6.04 Å². The van der Waals surface area contributed by atoms with E-state index < -0.39 is 6.04 Å². The molecule has 0 saturated carbocycles. The van der Waals surface area contributed by atoms with Crippen molar-refractivity contribution in [1.82, 2.24) is 9.88 Å². The molecule has 1 aliphatic heterocycles. The molecule has 0 bridgehead atoms. The first-order chi connectivity index (χ1) is 10.2. The lowest BCUT2D eigenvalue weighted by molar-refractivity contribution is -0.149. The van der Waals surface area contributed by atoms with E-state index in [1.807, 2.05) is 0 Å². The summed E-state index contributed by atoms with van der Waals surface area (Å²) in [5, 5.41) is 0. The molecule has 1 aliphatic rings. The van der Waals surface area contributed by atoms with Crippen molar-refractivity contribution >= 4 is 11.9 Å². The topological polar surface area (TPSA) is 85.5 Å². The minimum Gasteiger partial charge on any atom is -0.464 e. The Bertz CT molecular complexity index is 519. The van der Waals surface area contributed by atoms with Crippen molar-refractivity contribution in [1.29, 1.82) is 0 Å². The SMILES string of the molecule is CCOC(=O)C1CCCCN1C(=O)c1ccnc(CN)c1. The van der Waals surface area contributed by atoms with E-state index in [1.165, 1.54) is 0 Å². The van der Waals surface area contributed by atoms with Crippen LogP contribution in [0.25, 0.3) is 0 Å². The molecule has 2 heterocycles. The van der Waals surface area contributed by atoms with Gasteiger partial charge in [-0.2, -0.15) is 0 Å². The number of carbonyl (C=O) groups is 2. The van der Waals surface area contributed by atoms with E-state index in [9.17, 15) is 9.59 Å². The van der Waals surface area contributed by atoms with Crippen LogP contribution in [0.2, 0.25) is 0 Å². The third-order valence-electron chi connectivity index (χ3n) is 3.59. The second-order valence-corrected chi connectivity index (χ2v) is 5.00. The molecule has 114 valence electrons. The predicted molar refractivity (Wildman–Crippen MR) is 77.4 cm³/mol. The zero-order chi connectivity index (χ0) is 15.2. The second kappa shape index (κ2) is 7.17. The first-order valence-corrected chi connectivity index (χ1v) is 7.30. The molecule has 1 unspecified atom stereocenters. The summed E-state index contributed by atoms with van der Waals surface area (Å²) in [6.07, 6.45) is 4.05.